The number of halogens is 1. The predicted octanol–water partition coefficient (Wildman–Crippen LogP) is 7.68. The van der Waals surface area contributed by atoms with E-state index in [2.05, 4.69) is 5.32 Å². The Kier molecular flexibility index (Phi) is 8.50. The quantitative estimate of drug-likeness (QED) is 0.164. The van der Waals surface area contributed by atoms with Gasteiger partial charge in [-0.2, -0.15) is 0 Å². The van der Waals surface area contributed by atoms with E-state index in [1.54, 1.807) is 96.4 Å². The van der Waals surface area contributed by atoms with Crippen molar-refractivity contribution in [1.82, 2.24) is 9.55 Å². The first kappa shape index (κ1) is 33.9. The molecule has 0 bridgehead atoms. The molecule has 2 aliphatic rings. The number of para-hydroxylation sites is 1. The van der Waals surface area contributed by atoms with Gasteiger partial charge in [0, 0.05) is 16.8 Å². The first-order valence-corrected chi connectivity index (χ1v) is 19.3. The lowest BCUT2D eigenvalue weighted by Gasteiger charge is -2.25. The molecule has 0 aliphatic carbocycles. The van der Waals surface area contributed by atoms with Crippen molar-refractivity contribution in [3.8, 4) is 0 Å². The zero-order valence-electron chi connectivity index (χ0n) is 28.0. The Morgan fingerprint density at radius 3 is 2.35 bits per heavy atom. The number of fused-ring (bicyclic) bond motifs is 3. The summed E-state index contributed by atoms with van der Waals surface area (Å²) in [7, 11) is 0. The number of benzene rings is 4. The van der Waals surface area contributed by atoms with E-state index < -0.39 is 6.04 Å². The molecule has 0 fully saturated rings. The van der Waals surface area contributed by atoms with E-state index >= 15 is 0 Å². The molecular formula is C40H24ClN5O5S3. The Bertz CT molecular complexity index is 2880. The van der Waals surface area contributed by atoms with Crippen LogP contribution in [0.4, 0.5) is 11.4 Å². The third kappa shape index (κ3) is 6.00. The molecule has 5 heterocycles. The van der Waals surface area contributed by atoms with Gasteiger partial charge in [-0.05, 0) is 91.0 Å². The normalized spacial score (nSPS) is 15.5. The van der Waals surface area contributed by atoms with Crippen molar-refractivity contribution >= 4 is 91.4 Å². The summed E-state index contributed by atoms with van der Waals surface area (Å²) >= 11 is 10.2. The summed E-state index contributed by atoms with van der Waals surface area (Å²) in [6, 6.07) is 31.1. The maximum atomic E-state index is 14.1. The van der Waals surface area contributed by atoms with Crippen molar-refractivity contribution in [2.75, 3.05) is 10.2 Å². The van der Waals surface area contributed by atoms with Gasteiger partial charge >= 0.3 is 0 Å². The highest BCUT2D eigenvalue weighted by Gasteiger charge is 2.36. The number of nitrogens with zero attached hydrogens (tertiary/aromatic N) is 4. The highest BCUT2D eigenvalue weighted by molar-refractivity contribution is 8.01. The fourth-order valence-corrected chi connectivity index (χ4v) is 9.63. The van der Waals surface area contributed by atoms with Crippen LogP contribution in [0.25, 0.3) is 16.3 Å². The van der Waals surface area contributed by atoms with Gasteiger partial charge in [0.15, 0.2) is 14.2 Å². The van der Waals surface area contributed by atoms with Crippen molar-refractivity contribution in [3.05, 3.63) is 168 Å². The standard InChI is InChI=1S/C40H24ClN5O5S3/c1-21-33(35(47)43-24-7-3-2-4-8-24)34(22-11-13-23(41)14-12-22)46-38(50)31(52-39(46)42-21)20-26-16-18-32(51-26)54-40-44-29-17-15-25(19-30(29)53-40)45-36(48)27-9-5-6-10-28(27)37(45)49/h2-20,34H,1H3,(H,43,47)/b31-20-/t34-/m1/s1. The van der Waals surface area contributed by atoms with Gasteiger partial charge in [0.2, 0.25) is 0 Å². The number of nitrogens with one attached hydrogen (secondary N) is 1. The molecule has 1 N–H and O–H groups in total. The number of carbonyl (C=O) groups is 3. The van der Waals surface area contributed by atoms with E-state index in [-0.39, 0.29) is 23.3 Å². The molecule has 0 unspecified atom stereocenters. The summed E-state index contributed by atoms with van der Waals surface area (Å²) in [5.41, 5.74) is 3.84. The average molecular weight is 786 g/mol. The molecule has 1 atom stereocenters. The van der Waals surface area contributed by atoms with Crippen LogP contribution in [0.1, 0.15) is 45.0 Å². The van der Waals surface area contributed by atoms with Crippen LogP contribution in [0.2, 0.25) is 5.02 Å². The summed E-state index contributed by atoms with van der Waals surface area (Å²) in [6.45, 7) is 1.77. The molecule has 3 amide bonds. The molecule has 10 nitrogen and oxygen atoms in total. The lowest BCUT2D eigenvalue weighted by Crippen LogP contribution is -2.40. The number of allylic oxidation sites excluding steroid dienone is 1. The Morgan fingerprint density at radius 1 is 0.889 bits per heavy atom. The minimum atomic E-state index is -0.747. The molecule has 0 spiro atoms. The number of thiazole rings is 2. The van der Waals surface area contributed by atoms with E-state index in [4.69, 9.17) is 26.0 Å². The van der Waals surface area contributed by atoms with Crippen LogP contribution in [0.3, 0.4) is 0 Å². The number of aromatic nitrogens is 2. The molecule has 0 saturated heterocycles. The molecule has 14 heteroatoms. The smallest absolute Gasteiger partial charge is 0.271 e. The molecule has 9 rings (SSSR count). The monoisotopic (exact) mass is 785 g/mol. The number of hydrogen-bond acceptors (Lipinski definition) is 10. The van der Waals surface area contributed by atoms with Crippen molar-refractivity contribution in [1.29, 1.82) is 0 Å². The molecule has 3 aromatic heterocycles. The van der Waals surface area contributed by atoms with Gasteiger partial charge in [0.1, 0.15) is 5.76 Å². The molecule has 54 heavy (non-hydrogen) atoms. The van der Waals surface area contributed by atoms with E-state index in [1.165, 1.54) is 39.3 Å². The molecule has 0 radical (unpaired) electrons. The van der Waals surface area contributed by atoms with Crippen molar-refractivity contribution in [3.63, 3.8) is 0 Å². The average Bonchev–Trinajstić information content (AvgIpc) is 3.92. The number of imide groups is 1. The molecular weight excluding hydrogens is 762 g/mol. The van der Waals surface area contributed by atoms with Crippen LogP contribution < -0.4 is 25.1 Å². The Balaban J connectivity index is 1.00. The van der Waals surface area contributed by atoms with Gasteiger partial charge in [-0.1, -0.05) is 65.4 Å². The number of furan rings is 1. The molecule has 2 aliphatic heterocycles. The lowest BCUT2D eigenvalue weighted by molar-refractivity contribution is -0.113. The lowest BCUT2D eigenvalue weighted by atomic mass is 9.95. The Hall–Kier alpha value is -5.86. The molecule has 4 aromatic carbocycles. The summed E-state index contributed by atoms with van der Waals surface area (Å²) in [4.78, 5) is 65.1. The van der Waals surface area contributed by atoms with Gasteiger partial charge in [0.25, 0.3) is 23.3 Å². The third-order valence-corrected chi connectivity index (χ3v) is 12.2. The van der Waals surface area contributed by atoms with Crippen LogP contribution in [0.15, 0.2) is 144 Å². The Labute approximate surface area is 323 Å². The van der Waals surface area contributed by atoms with Crippen LogP contribution in [-0.2, 0) is 4.79 Å². The highest BCUT2D eigenvalue weighted by atomic mass is 35.5. The molecule has 7 aromatic rings. The maximum Gasteiger partial charge on any atom is 0.271 e. The number of rotatable bonds is 7. The SMILES string of the molecule is CC1=C(C(=O)Nc2ccccc2)[C@@H](c2ccc(Cl)cc2)n2c(s/c(=C\c3ccc(Sc4nc5ccc(N6C(=O)c7ccccc7C6=O)cc5s4)o3)c2=O)=N1. The summed E-state index contributed by atoms with van der Waals surface area (Å²) in [5, 5.41) is 4.04. The van der Waals surface area contributed by atoms with Gasteiger partial charge < -0.3 is 9.73 Å². The second-order valence-electron chi connectivity index (χ2n) is 12.3. The number of hydrogen-bond donors (Lipinski definition) is 1. The van der Waals surface area contributed by atoms with Crippen LogP contribution >= 0.6 is 46.0 Å². The first-order chi connectivity index (χ1) is 26.2. The molecule has 0 saturated carbocycles. The Morgan fingerprint density at radius 2 is 1.61 bits per heavy atom. The summed E-state index contributed by atoms with van der Waals surface area (Å²) in [5.74, 6) is -0.611. The molecule has 264 valence electrons. The largest absolute Gasteiger partial charge is 0.450 e. The van der Waals surface area contributed by atoms with E-state index in [0.29, 0.717) is 68.9 Å². The predicted molar refractivity (Wildman–Crippen MR) is 210 cm³/mol. The zero-order valence-corrected chi connectivity index (χ0v) is 31.2. The van der Waals surface area contributed by atoms with Gasteiger partial charge in [-0.15, -0.1) is 11.3 Å². The second-order valence-corrected chi connectivity index (χ2v) is 16.1. The van der Waals surface area contributed by atoms with E-state index in [1.807, 2.05) is 30.3 Å². The summed E-state index contributed by atoms with van der Waals surface area (Å²) < 4.78 is 9.57. The fraction of sp³-hybridized carbons (Fsp3) is 0.0500. The van der Waals surface area contributed by atoms with Gasteiger partial charge in [-0.25, -0.2) is 14.9 Å². The fourth-order valence-electron chi connectivity index (χ4n) is 6.47. The van der Waals surface area contributed by atoms with Crippen molar-refractivity contribution < 1.29 is 18.8 Å². The number of carbonyl (C=O) groups excluding carboxylic acids is 3. The van der Waals surface area contributed by atoms with Crippen LogP contribution in [0.5, 0.6) is 0 Å². The highest BCUT2D eigenvalue weighted by Crippen LogP contribution is 2.38. The minimum Gasteiger partial charge on any atom is -0.450 e. The van der Waals surface area contributed by atoms with Crippen LogP contribution in [0, 0.1) is 0 Å². The first-order valence-electron chi connectivity index (χ1n) is 16.5. The topological polar surface area (TPSA) is 127 Å². The second kappa shape index (κ2) is 13.5. The third-order valence-electron chi connectivity index (χ3n) is 8.95. The number of amides is 3. The van der Waals surface area contributed by atoms with Crippen molar-refractivity contribution in [2.45, 2.75) is 22.4 Å². The zero-order chi connectivity index (χ0) is 37.1. The van der Waals surface area contributed by atoms with Crippen molar-refractivity contribution in [2.24, 2.45) is 4.99 Å². The maximum absolute atomic E-state index is 14.1. The summed E-state index contributed by atoms with van der Waals surface area (Å²) in [6.07, 6.45) is 1.67. The minimum absolute atomic E-state index is 0.318. The van der Waals surface area contributed by atoms with E-state index in [0.717, 1.165) is 10.2 Å². The van der Waals surface area contributed by atoms with Gasteiger partial charge in [0.05, 0.1) is 48.9 Å². The van der Waals surface area contributed by atoms with Crippen LogP contribution in [-0.4, -0.2) is 27.3 Å². The van der Waals surface area contributed by atoms with E-state index in [9.17, 15) is 19.2 Å². The number of anilines is 2. The van der Waals surface area contributed by atoms with Gasteiger partial charge in [-0.3, -0.25) is 23.7 Å².